The number of rotatable bonds is 4. The van der Waals surface area contributed by atoms with Gasteiger partial charge in [-0.15, -0.1) is 0 Å². The standard InChI is InChI=1S/C15H18N2O2/c1-9(2)19-13-7-5-12(6-8-13)14-10(3)16-15(17-14)11(4)18/h5-9H,1-4H3,(H,16,17). The summed E-state index contributed by atoms with van der Waals surface area (Å²) in [5.74, 6) is 1.17. The molecule has 1 aromatic heterocycles. The molecule has 1 heterocycles. The molecule has 0 aliphatic rings. The predicted molar refractivity (Wildman–Crippen MR) is 74.5 cm³/mol. The first kappa shape index (κ1) is 13.3. The van der Waals surface area contributed by atoms with Crippen molar-refractivity contribution in [1.82, 2.24) is 9.97 Å². The summed E-state index contributed by atoms with van der Waals surface area (Å²) in [5, 5.41) is 0. The first-order chi connectivity index (χ1) is 8.97. The molecule has 0 fully saturated rings. The molecular formula is C15H18N2O2. The number of carbonyl (C=O) groups excluding carboxylic acids is 1. The fraction of sp³-hybridized carbons (Fsp3) is 0.333. The van der Waals surface area contributed by atoms with Crippen LogP contribution in [0.25, 0.3) is 11.3 Å². The van der Waals surface area contributed by atoms with Crippen molar-refractivity contribution < 1.29 is 9.53 Å². The summed E-state index contributed by atoms with van der Waals surface area (Å²) in [6.45, 7) is 7.39. The number of aromatic nitrogens is 2. The van der Waals surface area contributed by atoms with E-state index < -0.39 is 0 Å². The number of nitrogens with zero attached hydrogens (tertiary/aromatic N) is 1. The third-order valence-electron chi connectivity index (χ3n) is 2.72. The van der Waals surface area contributed by atoms with Crippen LogP contribution in [0.2, 0.25) is 0 Å². The van der Waals surface area contributed by atoms with E-state index in [1.54, 1.807) is 0 Å². The largest absolute Gasteiger partial charge is 0.491 e. The topological polar surface area (TPSA) is 55.0 Å². The van der Waals surface area contributed by atoms with Crippen LogP contribution < -0.4 is 4.74 Å². The van der Waals surface area contributed by atoms with Crippen LogP contribution in [0, 0.1) is 6.92 Å². The normalized spacial score (nSPS) is 10.8. The molecule has 0 atom stereocenters. The Labute approximate surface area is 112 Å². The molecule has 2 rings (SSSR count). The van der Waals surface area contributed by atoms with Crippen molar-refractivity contribution >= 4 is 5.78 Å². The molecule has 19 heavy (non-hydrogen) atoms. The number of Topliss-reactive ketones (excluding diaryl/α,β-unsaturated/α-hetero) is 1. The van der Waals surface area contributed by atoms with Gasteiger partial charge in [-0.3, -0.25) is 4.79 Å². The van der Waals surface area contributed by atoms with E-state index in [0.717, 1.165) is 22.7 Å². The molecule has 4 nitrogen and oxygen atoms in total. The number of carbonyl (C=O) groups is 1. The molecule has 0 radical (unpaired) electrons. The van der Waals surface area contributed by atoms with E-state index in [2.05, 4.69) is 9.97 Å². The van der Waals surface area contributed by atoms with Crippen LogP contribution in [-0.4, -0.2) is 21.9 Å². The van der Waals surface area contributed by atoms with Gasteiger partial charge in [0, 0.05) is 18.2 Å². The maximum atomic E-state index is 11.3. The average molecular weight is 258 g/mol. The van der Waals surface area contributed by atoms with Crippen LogP contribution in [0.1, 0.15) is 37.1 Å². The zero-order valence-electron chi connectivity index (χ0n) is 11.7. The number of aryl methyl sites for hydroxylation is 1. The van der Waals surface area contributed by atoms with Crippen LogP contribution in [0.4, 0.5) is 0 Å². The quantitative estimate of drug-likeness (QED) is 0.855. The Morgan fingerprint density at radius 2 is 1.89 bits per heavy atom. The minimum Gasteiger partial charge on any atom is -0.491 e. The van der Waals surface area contributed by atoms with Crippen molar-refractivity contribution in [3.05, 3.63) is 35.8 Å². The minimum absolute atomic E-state index is 0.0610. The Kier molecular flexibility index (Phi) is 3.69. The molecule has 0 unspecified atom stereocenters. The first-order valence-corrected chi connectivity index (χ1v) is 6.32. The lowest BCUT2D eigenvalue weighted by Crippen LogP contribution is -2.05. The summed E-state index contributed by atoms with van der Waals surface area (Å²) < 4.78 is 5.60. The van der Waals surface area contributed by atoms with Crippen LogP contribution in [0.15, 0.2) is 24.3 Å². The highest BCUT2D eigenvalue weighted by molar-refractivity contribution is 5.91. The van der Waals surface area contributed by atoms with Gasteiger partial charge >= 0.3 is 0 Å². The van der Waals surface area contributed by atoms with Gasteiger partial charge in [0.1, 0.15) is 5.75 Å². The van der Waals surface area contributed by atoms with Gasteiger partial charge in [0.15, 0.2) is 11.6 Å². The number of ketones is 1. The van der Waals surface area contributed by atoms with E-state index in [1.807, 2.05) is 45.0 Å². The molecule has 0 aliphatic heterocycles. The van der Waals surface area contributed by atoms with E-state index in [9.17, 15) is 4.79 Å². The maximum absolute atomic E-state index is 11.3. The van der Waals surface area contributed by atoms with Crippen molar-refractivity contribution in [2.24, 2.45) is 0 Å². The van der Waals surface area contributed by atoms with Crippen LogP contribution in [0.3, 0.4) is 0 Å². The Bertz CT molecular complexity index is 583. The average Bonchev–Trinajstić information content (AvgIpc) is 2.72. The van der Waals surface area contributed by atoms with Gasteiger partial charge in [0.05, 0.1) is 11.8 Å². The van der Waals surface area contributed by atoms with Crippen molar-refractivity contribution in [3.8, 4) is 17.0 Å². The zero-order valence-corrected chi connectivity index (χ0v) is 11.7. The fourth-order valence-corrected chi connectivity index (χ4v) is 1.87. The van der Waals surface area contributed by atoms with Gasteiger partial charge in [-0.1, -0.05) is 0 Å². The molecule has 2 aromatic rings. The number of imidazole rings is 1. The van der Waals surface area contributed by atoms with E-state index in [4.69, 9.17) is 4.74 Å². The second-order valence-corrected chi connectivity index (χ2v) is 4.81. The second kappa shape index (κ2) is 5.26. The van der Waals surface area contributed by atoms with Crippen molar-refractivity contribution in [3.63, 3.8) is 0 Å². The van der Waals surface area contributed by atoms with Crippen molar-refractivity contribution in [2.75, 3.05) is 0 Å². The van der Waals surface area contributed by atoms with Gasteiger partial charge < -0.3 is 9.72 Å². The molecule has 0 bridgehead atoms. The highest BCUT2D eigenvalue weighted by Crippen LogP contribution is 2.24. The lowest BCUT2D eigenvalue weighted by molar-refractivity contribution is 0.100. The number of ether oxygens (including phenoxy) is 1. The summed E-state index contributed by atoms with van der Waals surface area (Å²) in [6.07, 6.45) is 0.155. The molecule has 0 amide bonds. The van der Waals surface area contributed by atoms with E-state index in [0.29, 0.717) is 5.82 Å². The molecular weight excluding hydrogens is 240 g/mol. The third-order valence-corrected chi connectivity index (χ3v) is 2.72. The van der Waals surface area contributed by atoms with Gasteiger partial charge in [0.2, 0.25) is 0 Å². The molecule has 0 spiro atoms. The molecule has 0 saturated carbocycles. The Morgan fingerprint density at radius 1 is 1.26 bits per heavy atom. The van der Waals surface area contributed by atoms with Crippen molar-refractivity contribution in [1.29, 1.82) is 0 Å². The van der Waals surface area contributed by atoms with Crippen LogP contribution in [0.5, 0.6) is 5.75 Å². The molecule has 0 saturated heterocycles. The summed E-state index contributed by atoms with van der Waals surface area (Å²) in [7, 11) is 0. The second-order valence-electron chi connectivity index (χ2n) is 4.81. The van der Waals surface area contributed by atoms with Crippen LogP contribution in [-0.2, 0) is 0 Å². The van der Waals surface area contributed by atoms with Gasteiger partial charge in [-0.25, -0.2) is 4.98 Å². The monoisotopic (exact) mass is 258 g/mol. The van der Waals surface area contributed by atoms with Gasteiger partial charge in [-0.05, 0) is 45.0 Å². The van der Waals surface area contributed by atoms with Crippen LogP contribution >= 0.6 is 0 Å². The lowest BCUT2D eigenvalue weighted by atomic mass is 10.1. The van der Waals surface area contributed by atoms with Crippen molar-refractivity contribution in [2.45, 2.75) is 33.8 Å². The zero-order chi connectivity index (χ0) is 14.0. The highest BCUT2D eigenvalue weighted by Gasteiger charge is 2.11. The number of aromatic amines is 1. The third kappa shape index (κ3) is 3.02. The van der Waals surface area contributed by atoms with Gasteiger partial charge in [-0.2, -0.15) is 0 Å². The number of hydrogen-bond acceptors (Lipinski definition) is 3. The number of benzene rings is 1. The lowest BCUT2D eigenvalue weighted by Gasteiger charge is -2.09. The van der Waals surface area contributed by atoms with Gasteiger partial charge in [0.25, 0.3) is 0 Å². The molecule has 1 aromatic carbocycles. The number of H-pyrrole nitrogens is 1. The van der Waals surface area contributed by atoms with E-state index >= 15 is 0 Å². The molecule has 4 heteroatoms. The molecule has 0 aliphatic carbocycles. The maximum Gasteiger partial charge on any atom is 0.195 e. The predicted octanol–water partition coefficient (Wildman–Crippen LogP) is 3.37. The number of nitrogens with one attached hydrogen (secondary N) is 1. The van der Waals surface area contributed by atoms with E-state index in [-0.39, 0.29) is 11.9 Å². The Balaban J connectivity index is 2.29. The van der Waals surface area contributed by atoms with E-state index in [1.165, 1.54) is 6.92 Å². The summed E-state index contributed by atoms with van der Waals surface area (Å²) in [5.41, 5.74) is 2.67. The molecule has 100 valence electrons. The smallest absolute Gasteiger partial charge is 0.195 e. The fourth-order valence-electron chi connectivity index (χ4n) is 1.87. The SMILES string of the molecule is CC(=O)c1nc(-c2ccc(OC(C)C)cc2)c(C)[nH]1. The highest BCUT2D eigenvalue weighted by atomic mass is 16.5. The minimum atomic E-state index is -0.0610. The Hall–Kier alpha value is -2.10. The summed E-state index contributed by atoms with van der Waals surface area (Å²) >= 11 is 0. The summed E-state index contributed by atoms with van der Waals surface area (Å²) in [4.78, 5) is 18.6. The molecule has 1 N–H and O–H groups in total. The Morgan fingerprint density at radius 3 is 2.37 bits per heavy atom. The summed E-state index contributed by atoms with van der Waals surface area (Å²) in [6, 6.07) is 7.73. The first-order valence-electron chi connectivity index (χ1n) is 6.32. The number of hydrogen-bond donors (Lipinski definition) is 1.